The van der Waals surface area contributed by atoms with E-state index in [-0.39, 0.29) is 11.9 Å². The normalized spacial score (nSPS) is 13.7. The number of hydrogen-bond donors (Lipinski definition) is 2. The number of carbonyl (C=O) groups is 2. The van der Waals surface area contributed by atoms with Crippen LogP contribution in [0.4, 0.5) is 10.5 Å². The maximum absolute atomic E-state index is 12.3. The highest BCUT2D eigenvalue weighted by molar-refractivity contribution is 6.30. The summed E-state index contributed by atoms with van der Waals surface area (Å²) in [6.45, 7) is 1.77. The smallest absolute Gasteiger partial charge is 0.321 e. The van der Waals surface area contributed by atoms with Crippen molar-refractivity contribution in [3.63, 3.8) is 0 Å². The van der Waals surface area contributed by atoms with Gasteiger partial charge in [-0.25, -0.2) is 4.79 Å². The van der Waals surface area contributed by atoms with Crippen molar-refractivity contribution in [1.29, 1.82) is 0 Å². The molecule has 2 aromatic carbocycles. The molecular weight excluding hydrogens is 326 g/mol. The number of urea groups is 1. The second-order valence-electron chi connectivity index (χ2n) is 5.57. The molecule has 0 bridgehead atoms. The highest BCUT2D eigenvalue weighted by Gasteiger charge is 2.21. The second kappa shape index (κ2) is 7.36. The SMILES string of the molecule is O=C(NCCc1ccc(Cl)cc1)c1cccc(N2CCNC2=O)c1. The fourth-order valence-corrected chi connectivity index (χ4v) is 2.73. The monoisotopic (exact) mass is 343 g/mol. The van der Waals surface area contributed by atoms with Gasteiger partial charge in [0, 0.05) is 35.9 Å². The summed E-state index contributed by atoms with van der Waals surface area (Å²) in [5.74, 6) is -0.148. The lowest BCUT2D eigenvalue weighted by atomic mass is 10.1. The highest BCUT2D eigenvalue weighted by atomic mass is 35.5. The number of benzene rings is 2. The van der Waals surface area contributed by atoms with E-state index in [0.717, 1.165) is 17.7 Å². The molecule has 0 radical (unpaired) electrons. The Morgan fingerprint density at radius 2 is 2.00 bits per heavy atom. The van der Waals surface area contributed by atoms with Gasteiger partial charge >= 0.3 is 6.03 Å². The average Bonchev–Trinajstić information content (AvgIpc) is 3.03. The van der Waals surface area contributed by atoms with Gasteiger partial charge in [0.15, 0.2) is 0 Å². The van der Waals surface area contributed by atoms with Crippen molar-refractivity contribution in [2.75, 3.05) is 24.5 Å². The lowest BCUT2D eigenvalue weighted by molar-refractivity contribution is 0.0954. The second-order valence-corrected chi connectivity index (χ2v) is 6.00. The summed E-state index contributed by atoms with van der Waals surface area (Å²) in [6, 6.07) is 14.5. The van der Waals surface area contributed by atoms with E-state index >= 15 is 0 Å². The van der Waals surface area contributed by atoms with Crippen molar-refractivity contribution >= 4 is 29.2 Å². The van der Waals surface area contributed by atoms with E-state index in [2.05, 4.69) is 10.6 Å². The fraction of sp³-hybridized carbons (Fsp3) is 0.222. The number of hydrogen-bond acceptors (Lipinski definition) is 2. The Bertz CT molecular complexity index is 746. The van der Waals surface area contributed by atoms with Crippen LogP contribution in [-0.4, -0.2) is 31.6 Å². The van der Waals surface area contributed by atoms with Gasteiger partial charge in [0.1, 0.15) is 0 Å². The van der Waals surface area contributed by atoms with Gasteiger partial charge in [0.05, 0.1) is 0 Å². The summed E-state index contributed by atoms with van der Waals surface area (Å²) in [6.07, 6.45) is 0.733. The van der Waals surface area contributed by atoms with Gasteiger partial charge in [-0.3, -0.25) is 9.69 Å². The Hall–Kier alpha value is -2.53. The van der Waals surface area contributed by atoms with E-state index < -0.39 is 0 Å². The predicted molar refractivity (Wildman–Crippen MR) is 94.7 cm³/mol. The minimum atomic E-state index is -0.148. The lowest BCUT2D eigenvalue weighted by Gasteiger charge is -2.15. The Morgan fingerprint density at radius 3 is 2.71 bits per heavy atom. The lowest BCUT2D eigenvalue weighted by Crippen LogP contribution is -2.29. The Balaban J connectivity index is 1.58. The van der Waals surface area contributed by atoms with E-state index in [1.165, 1.54) is 0 Å². The standard InChI is InChI=1S/C18H18ClN3O2/c19-15-6-4-13(5-7-15)8-9-20-17(23)14-2-1-3-16(12-14)22-11-10-21-18(22)24/h1-7,12H,8-11H2,(H,20,23)(H,21,24). The number of nitrogens with one attached hydrogen (secondary N) is 2. The number of carbonyl (C=O) groups excluding carboxylic acids is 2. The first-order valence-corrected chi connectivity index (χ1v) is 8.19. The molecule has 24 heavy (non-hydrogen) atoms. The molecule has 0 atom stereocenters. The molecule has 3 rings (SSSR count). The zero-order valence-electron chi connectivity index (χ0n) is 13.1. The van der Waals surface area contributed by atoms with Crippen LogP contribution in [0.25, 0.3) is 0 Å². The van der Waals surface area contributed by atoms with E-state index in [0.29, 0.717) is 30.2 Å². The van der Waals surface area contributed by atoms with Gasteiger partial charge in [0.25, 0.3) is 5.91 Å². The molecule has 0 spiro atoms. The zero-order chi connectivity index (χ0) is 16.9. The molecule has 1 fully saturated rings. The van der Waals surface area contributed by atoms with Gasteiger partial charge in [0.2, 0.25) is 0 Å². The Kier molecular flexibility index (Phi) is 5.01. The largest absolute Gasteiger partial charge is 0.352 e. The van der Waals surface area contributed by atoms with Crippen molar-refractivity contribution < 1.29 is 9.59 Å². The van der Waals surface area contributed by atoms with Crippen molar-refractivity contribution in [1.82, 2.24) is 10.6 Å². The minimum Gasteiger partial charge on any atom is -0.352 e. The molecule has 2 N–H and O–H groups in total. The summed E-state index contributed by atoms with van der Waals surface area (Å²) < 4.78 is 0. The number of halogens is 1. The molecule has 0 saturated carbocycles. The van der Waals surface area contributed by atoms with Crippen molar-refractivity contribution in [3.05, 3.63) is 64.7 Å². The zero-order valence-corrected chi connectivity index (χ0v) is 13.8. The van der Waals surface area contributed by atoms with Gasteiger partial charge in [-0.15, -0.1) is 0 Å². The van der Waals surface area contributed by atoms with E-state index in [1.54, 1.807) is 23.1 Å². The molecule has 0 aliphatic carbocycles. The average molecular weight is 344 g/mol. The van der Waals surface area contributed by atoms with Crippen LogP contribution in [0.3, 0.4) is 0 Å². The van der Waals surface area contributed by atoms with E-state index in [9.17, 15) is 9.59 Å². The predicted octanol–water partition coefficient (Wildman–Crippen LogP) is 2.84. The van der Waals surface area contributed by atoms with Crippen LogP contribution in [0.1, 0.15) is 15.9 Å². The maximum atomic E-state index is 12.3. The third-order valence-electron chi connectivity index (χ3n) is 3.89. The summed E-state index contributed by atoms with van der Waals surface area (Å²) in [7, 11) is 0. The fourth-order valence-electron chi connectivity index (χ4n) is 2.61. The first kappa shape index (κ1) is 16.3. The van der Waals surface area contributed by atoms with Gasteiger partial charge in [-0.2, -0.15) is 0 Å². The minimum absolute atomic E-state index is 0.129. The van der Waals surface area contributed by atoms with Crippen LogP contribution in [0.2, 0.25) is 5.02 Å². The molecule has 1 aliphatic heterocycles. The number of anilines is 1. The third-order valence-corrected chi connectivity index (χ3v) is 4.14. The molecule has 124 valence electrons. The molecule has 1 saturated heterocycles. The van der Waals surface area contributed by atoms with Crippen LogP contribution >= 0.6 is 11.6 Å². The molecule has 6 heteroatoms. The van der Waals surface area contributed by atoms with E-state index in [4.69, 9.17) is 11.6 Å². The quantitative estimate of drug-likeness (QED) is 0.877. The first-order valence-electron chi connectivity index (χ1n) is 7.81. The van der Waals surface area contributed by atoms with Crippen LogP contribution in [0, 0.1) is 0 Å². The molecular formula is C18H18ClN3O2. The number of rotatable bonds is 5. The number of nitrogens with zero attached hydrogens (tertiary/aromatic N) is 1. The number of amides is 3. The van der Waals surface area contributed by atoms with Gasteiger partial charge in [-0.1, -0.05) is 29.8 Å². The summed E-state index contributed by atoms with van der Waals surface area (Å²) in [4.78, 5) is 25.6. The maximum Gasteiger partial charge on any atom is 0.321 e. The molecule has 2 aromatic rings. The summed E-state index contributed by atoms with van der Waals surface area (Å²) in [5, 5.41) is 6.35. The van der Waals surface area contributed by atoms with Gasteiger partial charge in [-0.05, 0) is 42.3 Å². The highest BCUT2D eigenvalue weighted by Crippen LogP contribution is 2.18. The molecule has 1 aliphatic rings. The van der Waals surface area contributed by atoms with Crippen molar-refractivity contribution in [2.45, 2.75) is 6.42 Å². The van der Waals surface area contributed by atoms with Crippen LogP contribution < -0.4 is 15.5 Å². The first-order chi connectivity index (χ1) is 11.6. The molecule has 5 nitrogen and oxygen atoms in total. The van der Waals surface area contributed by atoms with Crippen molar-refractivity contribution in [2.24, 2.45) is 0 Å². The molecule has 3 amide bonds. The van der Waals surface area contributed by atoms with Crippen LogP contribution in [0.5, 0.6) is 0 Å². The van der Waals surface area contributed by atoms with Crippen LogP contribution in [-0.2, 0) is 6.42 Å². The third kappa shape index (κ3) is 3.86. The molecule has 0 unspecified atom stereocenters. The topological polar surface area (TPSA) is 61.4 Å². The van der Waals surface area contributed by atoms with Crippen molar-refractivity contribution in [3.8, 4) is 0 Å². The Labute approximate surface area is 145 Å². The van der Waals surface area contributed by atoms with Gasteiger partial charge < -0.3 is 10.6 Å². The Morgan fingerprint density at radius 1 is 1.21 bits per heavy atom. The van der Waals surface area contributed by atoms with Crippen LogP contribution in [0.15, 0.2) is 48.5 Å². The van der Waals surface area contributed by atoms with E-state index in [1.807, 2.05) is 30.3 Å². The molecule has 1 heterocycles. The molecule has 0 aromatic heterocycles. The summed E-state index contributed by atoms with van der Waals surface area (Å²) in [5.41, 5.74) is 2.39. The summed E-state index contributed by atoms with van der Waals surface area (Å²) >= 11 is 5.85.